The van der Waals surface area contributed by atoms with Gasteiger partial charge in [-0.05, 0) is 42.9 Å². The first-order valence-corrected chi connectivity index (χ1v) is 5.79. The van der Waals surface area contributed by atoms with Gasteiger partial charge < -0.3 is 0 Å². The second kappa shape index (κ2) is 5.11. The van der Waals surface area contributed by atoms with Crippen molar-refractivity contribution < 1.29 is 4.79 Å². The van der Waals surface area contributed by atoms with Gasteiger partial charge in [-0.2, -0.15) is 0 Å². The van der Waals surface area contributed by atoms with E-state index in [0.717, 1.165) is 24.8 Å². The summed E-state index contributed by atoms with van der Waals surface area (Å²) in [5, 5.41) is 0. The minimum absolute atomic E-state index is 0.200. The predicted octanol–water partition coefficient (Wildman–Crippen LogP) is 3.58. The monoisotopic (exact) mass is 204 g/mol. The SMILES string of the molecule is CCc1cc(CC)c(C(C)=O)c(CC)c1. The Balaban J connectivity index is 3.39. The highest BCUT2D eigenvalue weighted by molar-refractivity contribution is 5.97. The Hall–Kier alpha value is -1.11. The van der Waals surface area contributed by atoms with Crippen molar-refractivity contribution in [3.63, 3.8) is 0 Å². The van der Waals surface area contributed by atoms with Crippen LogP contribution in [0.5, 0.6) is 0 Å². The van der Waals surface area contributed by atoms with E-state index in [1.807, 2.05) is 0 Å². The van der Waals surface area contributed by atoms with Crippen LogP contribution < -0.4 is 0 Å². The van der Waals surface area contributed by atoms with Crippen LogP contribution in [0.3, 0.4) is 0 Å². The van der Waals surface area contributed by atoms with Crippen molar-refractivity contribution in [2.75, 3.05) is 0 Å². The molecule has 1 rings (SSSR count). The zero-order chi connectivity index (χ0) is 11.4. The van der Waals surface area contributed by atoms with Crippen LogP contribution in [0, 0.1) is 0 Å². The molecule has 1 aromatic carbocycles. The van der Waals surface area contributed by atoms with Crippen LogP contribution in [0.2, 0.25) is 0 Å². The summed E-state index contributed by atoms with van der Waals surface area (Å²) in [5.41, 5.74) is 4.71. The average Bonchev–Trinajstić information content (AvgIpc) is 2.26. The lowest BCUT2D eigenvalue weighted by atomic mass is 9.92. The minimum atomic E-state index is 0.200. The highest BCUT2D eigenvalue weighted by atomic mass is 16.1. The van der Waals surface area contributed by atoms with Crippen LogP contribution in [0.25, 0.3) is 0 Å². The molecule has 0 aliphatic carbocycles. The van der Waals surface area contributed by atoms with Crippen molar-refractivity contribution >= 4 is 5.78 Å². The number of aryl methyl sites for hydroxylation is 3. The summed E-state index contributed by atoms with van der Waals surface area (Å²) in [7, 11) is 0. The van der Waals surface area contributed by atoms with Gasteiger partial charge in [-0.15, -0.1) is 0 Å². The van der Waals surface area contributed by atoms with E-state index in [-0.39, 0.29) is 5.78 Å². The molecular weight excluding hydrogens is 184 g/mol. The van der Waals surface area contributed by atoms with Gasteiger partial charge in [0.05, 0.1) is 0 Å². The lowest BCUT2D eigenvalue weighted by Gasteiger charge is -2.12. The van der Waals surface area contributed by atoms with Crippen molar-refractivity contribution in [1.82, 2.24) is 0 Å². The summed E-state index contributed by atoms with van der Waals surface area (Å²) in [5.74, 6) is 0.200. The normalized spacial score (nSPS) is 10.4. The molecule has 0 aromatic heterocycles. The van der Waals surface area contributed by atoms with E-state index in [1.54, 1.807) is 6.92 Å². The number of hydrogen-bond acceptors (Lipinski definition) is 1. The predicted molar refractivity (Wildman–Crippen MR) is 64.6 cm³/mol. The van der Waals surface area contributed by atoms with E-state index in [2.05, 4.69) is 32.9 Å². The molecule has 15 heavy (non-hydrogen) atoms. The van der Waals surface area contributed by atoms with Gasteiger partial charge >= 0.3 is 0 Å². The maximum atomic E-state index is 11.6. The summed E-state index contributed by atoms with van der Waals surface area (Å²) in [6, 6.07) is 4.35. The molecule has 0 N–H and O–H groups in total. The average molecular weight is 204 g/mol. The third-order valence-electron chi connectivity index (χ3n) is 2.88. The Morgan fingerprint density at radius 3 is 1.73 bits per heavy atom. The fourth-order valence-corrected chi connectivity index (χ4v) is 2.05. The molecule has 1 aromatic rings. The number of ketones is 1. The fourth-order valence-electron chi connectivity index (χ4n) is 2.05. The first-order valence-electron chi connectivity index (χ1n) is 5.79. The molecule has 0 saturated heterocycles. The Bertz CT molecular complexity index is 339. The number of carbonyl (C=O) groups is 1. The number of hydrogen-bond donors (Lipinski definition) is 0. The van der Waals surface area contributed by atoms with Gasteiger partial charge in [0.25, 0.3) is 0 Å². The van der Waals surface area contributed by atoms with Crippen molar-refractivity contribution in [2.24, 2.45) is 0 Å². The molecule has 0 fully saturated rings. The highest BCUT2D eigenvalue weighted by Crippen LogP contribution is 2.20. The van der Waals surface area contributed by atoms with Gasteiger partial charge in [0.1, 0.15) is 0 Å². The lowest BCUT2D eigenvalue weighted by Crippen LogP contribution is -2.05. The van der Waals surface area contributed by atoms with Gasteiger partial charge in [-0.1, -0.05) is 32.9 Å². The number of Topliss-reactive ketones (excluding diaryl/α,β-unsaturated/α-hetero) is 1. The third kappa shape index (κ3) is 2.47. The molecule has 0 bridgehead atoms. The lowest BCUT2D eigenvalue weighted by molar-refractivity contribution is 0.101. The van der Waals surface area contributed by atoms with Gasteiger partial charge in [0.2, 0.25) is 0 Å². The van der Waals surface area contributed by atoms with E-state index in [0.29, 0.717) is 0 Å². The summed E-state index contributed by atoms with van der Waals surface area (Å²) < 4.78 is 0. The molecule has 0 heterocycles. The molecule has 82 valence electrons. The van der Waals surface area contributed by atoms with Crippen LogP contribution in [-0.2, 0) is 19.3 Å². The molecule has 0 aliphatic rings. The van der Waals surface area contributed by atoms with E-state index >= 15 is 0 Å². The highest BCUT2D eigenvalue weighted by Gasteiger charge is 2.11. The van der Waals surface area contributed by atoms with Crippen molar-refractivity contribution in [3.8, 4) is 0 Å². The Labute approximate surface area is 92.5 Å². The van der Waals surface area contributed by atoms with E-state index in [4.69, 9.17) is 0 Å². The molecular formula is C14H20O. The van der Waals surface area contributed by atoms with Crippen molar-refractivity contribution in [3.05, 3.63) is 34.4 Å². The first-order chi connectivity index (χ1) is 7.13. The summed E-state index contributed by atoms with van der Waals surface area (Å²) in [6.07, 6.45) is 2.92. The van der Waals surface area contributed by atoms with Crippen molar-refractivity contribution in [1.29, 1.82) is 0 Å². The van der Waals surface area contributed by atoms with Gasteiger partial charge in [0.15, 0.2) is 5.78 Å². The largest absolute Gasteiger partial charge is 0.294 e. The maximum absolute atomic E-state index is 11.6. The van der Waals surface area contributed by atoms with Gasteiger partial charge in [0, 0.05) is 5.56 Å². The zero-order valence-corrected chi connectivity index (χ0v) is 10.2. The zero-order valence-electron chi connectivity index (χ0n) is 10.2. The van der Waals surface area contributed by atoms with E-state index in [1.165, 1.54) is 16.7 Å². The third-order valence-corrected chi connectivity index (χ3v) is 2.88. The van der Waals surface area contributed by atoms with Crippen molar-refractivity contribution in [2.45, 2.75) is 47.0 Å². The second-order valence-electron chi connectivity index (χ2n) is 3.91. The minimum Gasteiger partial charge on any atom is -0.294 e. The second-order valence-corrected chi connectivity index (χ2v) is 3.91. The molecule has 0 aliphatic heterocycles. The molecule has 1 nitrogen and oxygen atoms in total. The Morgan fingerprint density at radius 1 is 1.00 bits per heavy atom. The fraction of sp³-hybridized carbons (Fsp3) is 0.500. The van der Waals surface area contributed by atoms with Gasteiger partial charge in [-0.3, -0.25) is 4.79 Å². The molecule has 0 atom stereocenters. The number of rotatable bonds is 4. The van der Waals surface area contributed by atoms with Gasteiger partial charge in [-0.25, -0.2) is 0 Å². The summed E-state index contributed by atoms with van der Waals surface area (Å²) in [4.78, 5) is 11.6. The quantitative estimate of drug-likeness (QED) is 0.685. The van der Waals surface area contributed by atoms with Crippen LogP contribution in [-0.4, -0.2) is 5.78 Å². The standard InChI is InChI=1S/C14H20O/c1-5-11-8-12(6-2)14(10(4)15)13(7-3)9-11/h8-9H,5-7H2,1-4H3. The van der Waals surface area contributed by atoms with E-state index in [9.17, 15) is 4.79 Å². The van der Waals surface area contributed by atoms with Crippen LogP contribution >= 0.6 is 0 Å². The topological polar surface area (TPSA) is 17.1 Å². The Morgan fingerprint density at radius 2 is 1.47 bits per heavy atom. The molecule has 1 heteroatoms. The number of carbonyl (C=O) groups excluding carboxylic acids is 1. The van der Waals surface area contributed by atoms with Crippen LogP contribution in [0.1, 0.15) is 54.7 Å². The van der Waals surface area contributed by atoms with Crippen LogP contribution in [0.4, 0.5) is 0 Å². The first kappa shape index (κ1) is 12.0. The summed E-state index contributed by atoms with van der Waals surface area (Å²) >= 11 is 0. The smallest absolute Gasteiger partial charge is 0.160 e. The molecule has 0 radical (unpaired) electrons. The van der Waals surface area contributed by atoms with E-state index < -0.39 is 0 Å². The number of benzene rings is 1. The van der Waals surface area contributed by atoms with Crippen LogP contribution in [0.15, 0.2) is 12.1 Å². The molecule has 0 unspecified atom stereocenters. The molecule has 0 saturated carbocycles. The molecule has 0 spiro atoms. The Kier molecular flexibility index (Phi) is 4.07. The summed E-state index contributed by atoms with van der Waals surface area (Å²) in [6.45, 7) is 8.04. The molecule has 0 amide bonds. The maximum Gasteiger partial charge on any atom is 0.160 e.